The average molecular weight is 419 g/mol. The van der Waals surface area contributed by atoms with Gasteiger partial charge in [0, 0.05) is 22.4 Å². The normalized spacial score (nSPS) is 18.0. The molecule has 1 aliphatic heterocycles. The molecule has 3 heterocycles. The third kappa shape index (κ3) is 4.10. The van der Waals surface area contributed by atoms with Gasteiger partial charge in [-0.05, 0) is 55.5 Å². The minimum Gasteiger partial charge on any atom is -0.334 e. The first-order valence-electron chi connectivity index (χ1n) is 8.84. The van der Waals surface area contributed by atoms with E-state index in [9.17, 15) is 9.18 Å². The molecule has 2 atom stereocenters. The van der Waals surface area contributed by atoms with Gasteiger partial charge in [0.05, 0.1) is 17.0 Å². The van der Waals surface area contributed by atoms with Crippen LogP contribution in [-0.2, 0) is 4.79 Å². The summed E-state index contributed by atoms with van der Waals surface area (Å²) < 4.78 is 13.9. The molecule has 1 fully saturated rings. The maximum Gasteiger partial charge on any atom is 0.236 e. The zero-order chi connectivity index (χ0) is 18.8. The molecule has 1 aromatic carbocycles. The number of thioether (sulfide) groups is 1. The van der Waals surface area contributed by atoms with Crippen molar-refractivity contribution in [3.63, 3.8) is 0 Å². The van der Waals surface area contributed by atoms with Gasteiger partial charge in [0.15, 0.2) is 4.34 Å². The summed E-state index contributed by atoms with van der Waals surface area (Å²) in [5.41, 5.74) is 1.70. The summed E-state index contributed by atoms with van der Waals surface area (Å²) >= 11 is 4.75. The molecule has 7 heteroatoms. The molecule has 140 valence electrons. The van der Waals surface area contributed by atoms with Gasteiger partial charge in [-0.2, -0.15) is 0 Å². The number of benzene rings is 1. The lowest BCUT2D eigenvalue weighted by Crippen LogP contribution is -2.35. The highest BCUT2D eigenvalue weighted by atomic mass is 32.2. The predicted molar refractivity (Wildman–Crippen MR) is 111 cm³/mol. The second-order valence-corrected chi connectivity index (χ2v) is 9.90. The van der Waals surface area contributed by atoms with Crippen molar-refractivity contribution in [3.05, 3.63) is 57.9 Å². The highest BCUT2D eigenvalue weighted by molar-refractivity contribution is 8.02. The summed E-state index contributed by atoms with van der Waals surface area (Å²) in [6, 6.07) is 10.7. The number of carbonyl (C=O) groups excluding carboxylic acids is 1. The lowest BCUT2D eigenvalue weighted by atomic mass is 10.2. The first-order chi connectivity index (χ1) is 13.1. The third-order valence-corrected chi connectivity index (χ3v) is 7.69. The molecule has 1 saturated heterocycles. The van der Waals surface area contributed by atoms with E-state index in [1.54, 1.807) is 23.5 Å². The fourth-order valence-electron chi connectivity index (χ4n) is 3.31. The third-order valence-electron chi connectivity index (χ3n) is 4.66. The number of rotatable bonds is 5. The van der Waals surface area contributed by atoms with Crippen molar-refractivity contribution in [1.29, 1.82) is 0 Å². The van der Waals surface area contributed by atoms with Crippen molar-refractivity contribution in [2.24, 2.45) is 0 Å². The van der Waals surface area contributed by atoms with Crippen molar-refractivity contribution >= 4 is 40.3 Å². The van der Waals surface area contributed by atoms with E-state index >= 15 is 0 Å². The average Bonchev–Trinajstić information content (AvgIpc) is 3.42. The fraction of sp³-hybridized carbons (Fsp3) is 0.300. The second-order valence-electron chi connectivity index (χ2n) is 6.47. The van der Waals surface area contributed by atoms with Gasteiger partial charge in [0.2, 0.25) is 5.91 Å². The zero-order valence-electron chi connectivity index (χ0n) is 14.8. The summed E-state index contributed by atoms with van der Waals surface area (Å²) in [7, 11) is 0. The molecule has 0 radical (unpaired) electrons. The van der Waals surface area contributed by atoms with Crippen LogP contribution >= 0.6 is 34.4 Å². The number of halogens is 1. The molecule has 0 N–H and O–H groups in total. The number of hydrogen-bond donors (Lipinski definition) is 0. The van der Waals surface area contributed by atoms with Gasteiger partial charge in [-0.25, -0.2) is 9.37 Å². The Hall–Kier alpha value is -1.70. The van der Waals surface area contributed by atoms with Crippen LogP contribution in [0.25, 0.3) is 11.3 Å². The van der Waals surface area contributed by atoms with Crippen molar-refractivity contribution in [2.75, 3.05) is 6.54 Å². The molecule has 2 unspecified atom stereocenters. The van der Waals surface area contributed by atoms with Gasteiger partial charge in [-0.15, -0.1) is 22.7 Å². The van der Waals surface area contributed by atoms with Crippen LogP contribution in [-0.4, -0.2) is 27.6 Å². The topological polar surface area (TPSA) is 33.2 Å². The van der Waals surface area contributed by atoms with Crippen LogP contribution in [0.2, 0.25) is 0 Å². The van der Waals surface area contributed by atoms with Crippen LogP contribution in [0.3, 0.4) is 0 Å². The standard InChI is InChI=1S/C20H19FN2OS3/c1-13(19(24)23-10-2-4-17(23)18-5-3-11-25-18)27-20-22-16(12-26-20)14-6-8-15(21)9-7-14/h3,5-9,11-13,17H,2,4,10H2,1H3. The summed E-state index contributed by atoms with van der Waals surface area (Å²) in [6.07, 6.45) is 2.09. The highest BCUT2D eigenvalue weighted by Crippen LogP contribution is 2.37. The van der Waals surface area contributed by atoms with E-state index in [4.69, 9.17) is 0 Å². The van der Waals surface area contributed by atoms with Gasteiger partial charge in [0.1, 0.15) is 5.82 Å². The molecule has 0 aliphatic carbocycles. The Bertz CT molecular complexity index is 908. The van der Waals surface area contributed by atoms with E-state index in [0.29, 0.717) is 0 Å². The molecule has 3 nitrogen and oxygen atoms in total. The minimum absolute atomic E-state index is 0.175. The van der Waals surface area contributed by atoms with E-state index in [1.165, 1.54) is 40.1 Å². The molecular weight excluding hydrogens is 399 g/mol. The molecule has 0 saturated carbocycles. The number of hydrogen-bond acceptors (Lipinski definition) is 5. The predicted octanol–water partition coefficient (Wildman–Crippen LogP) is 5.86. The Morgan fingerprint density at radius 2 is 2.11 bits per heavy atom. The summed E-state index contributed by atoms with van der Waals surface area (Å²) in [4.78, 5) is 20.9. The first-order valence-corrected chi connectivity index (χ1v) is 11.5. The number of thiophene rings is 1. The quantitative estimate of drug-likeness (QED) is 0.487. The Balaban J connectivity index is 1.43. The number of amides is 1. The maximum atomic E-state index is 13.1. The number of aromatic nitrogens is 1. The lowest BCUT2D eigenvalue weighted by Gasteiger charge is -2.26. The molecule has 0 spiro atoms. The van der Waals surface area contributed by atoms with Gasteiger partial charge >= 0.3 is 0 Å². The van der Waals surface area contributed by atoms with Crippen LogP contribution in [0.15, 0.2) is 51.5 Å². The van der Waals surface area contributed by atoms with Crippen LogP contribution in [0.1, 0.15) is 30.7 Å². The van der Waals surface area contributed by atoms with Crippen LogP contribution in [0.5, 0.6) is 0 Å². The smallest absolute Gasteiger partial charge is 0.236 e. The summed E-state index contributed by atoms with van der Waals surface area (Å²) in [6.45, 7) is 2.78. The van der Waals surface area contributed by atoms with Crippen molar-refractivity contribution in [1.82, 2.24) is 9.88 Å². The maximum absolute atomic E-state index is 13.1. The van der Waals surface area contributed by atoms with Crippen LogP contribution in [0, 0.1) is 5.82 Å². The lowest BCUT2D eigenvalue weighted by molar-refractivity contribution is -0.131. The summed E-state index contributed by atoms with van der Waals surface area (Å²) in [5, 5.41) is 3.84. The van der Waals surface area contributed by atoms with Crippen molar-refractivity contribution in [3.8, 4) is 11.3 Å². The van der Waals surface area contributed by atoms with E-state index in [1.807, 2.05) is 23.3 Å². The minimum atomic E-state index is -0.256. The SMILES string of the molecule is CC(Sc1nc(-c2ccc(F)cc2)cs1)C(=O)N1CCCC1c1cccs1. The van der Waals surface area contributed by atoms with Crippen molar-refractivity contribution in [2.45, 2.75) is 35.4 Å². The molecule has 4 rings (SSSR count). The first kappa shape index (κ1) is 18.7. The Morgan fingerprint density at radius 3 is 2.85 bits per heavy atom. The van der Waals surface area contributed by atoms with Gasteiger partial charge in [0.25, 0.3) is 0 Å². The van der Waals surface area contributed by atoms with Gasteiger partial charge in [-0.3, -0.25) is 4.79 Å². The second kappa shape index (κ2) is 8.12. The fourth-order valence-corrected chi connectivity index (χ4v) is 6.22. The van der Waals surface area contributed by atoms with Gasteiger partial charge in [-0.1, -0.05) is 17.8 Å². The zero-order valence-corrected chi connectivity index (χ0v) is 17.2. The number of nitrogens with zero attached hydrogens (tertiary/aromatic N) is 2. The Kier molecular flexibility index (Phi) is 5.61. The van der Waals surface area contributed by atoms with Crippen LogP contribution < -0.4 is 0 Å². The molecule has 1 aliphatic rings. The molecule has 0 bridgehead atoms. The van der Waals surface area contributed by atoms with E-state index in [0.717, 1.165) is 35.0 Å². The number of likely N-dealkylation sites (tertiary alicyclic amines) is 1. The van der Waals surface area contributed by atoms with Crippen molar-refractivity contribution < 1.29 is 9.18 Å². The Labute approximate surface area is 170 Å². The van der Waals surface area contributed by atoms with E-state index in [2.05, 4.69) is 16.4 Å². The van der Waals surface area contributed by atoms with E-state index < -0.39 is 0 Å². The molecule has 2 aromatic heterocycles. The summed E-state index contributed by atoms with van der Waals surface area (Å²) in [5.74, 6) is -0.0804. The molecule has 27 heavy (non-hydrogen) atoms. The monoisotopic (exact) mass is 418 g/mol. The van der Waals surface area contributed by atoms with E-state index in [-0.39, 0.29) is 23.0 Å². The number of thiazole rings is 1. The number of carbonyl (C=O) groups is 1. The molecule has 3 aromatic rings. The largest absolute Gasteiger partial charge is 0.334 e. The Morgan fingerprint density at radius 1 is 1.30 bits per heavy atom. The highest BCUT2D eigenvalue weighted by Gasteiger charge is 2.33. The van der Waals surface area contributed by atoms with Crippen LogP contribution in [0.4, 0.5) is 4.39 Å². The molecular formula is C20H19FN2OS3. The molecule has 1 amide bonds. The van der Waals surface area contributed by atoms with Gasteiger partial charge < -0.3 is 4.90 Å².